The maximum atomic E-state index is 13.3. The standard InChI is InChI=1S/C22H20Cl2N2O3S/c1-15-7-6-10-21(16(15)2)25-22(27)14-26(19-12-17(23)11-18(24)13-19)30(28,29)20-8-4-3-5-9-20/h3-13H,14H2,1-2H3,(H,25,27). The van der Waals surface area contributed by atoms with Crippen molar-refractivity contribution in [3.63, 3.8) is 0 Å². The van der Waals surface area contributed by atoms with Crippen molar-refractivity contribution in [3.8, 4) is 0 Å². The van der Waals surface area contributed by atoms with E-state index in [1.54, 1.807) is 24.3 Å². The van der Waals surface area contributed by atoms with Gasteiger partial charge in [-0.25, -0.2) is 8.42 Å². The molecule has 0 aliphatic heterocycles. The molecule has 1 amide bonds. The van der Waals surface area contributed by atoms with Crippen LogP contribution in [0, 0.1) is 13.8 Å². The van der Waals surface area contributed by atoms with E-state index in [0.717, 1.165) is 15.4 Å². The number of rotatable bonds is 6. The molecule has 1 N–H and O–H groups in total. The highest BCUT2D eigenvalue weighted by atomic mass is 35.5. The van der Waals surface area contributed by atoms with Crippen molar-refractivity contribution in [1.29, 1.82) is 0 Å². The smallest absolute Gasteiger partial charge is 0.264 e. The Hall–Kier alpha value is -2.54. The molecule has 0 saturated heterocycles. The van der Waals surface area contributed by atoms with Crippen molar-refractivity contribution in [2.45, 2.75) is 18.7 Å². The molecular weight excluding hydrogens is 443 g/mol. The summed E-state index contributed by atoms with van der Waals surface area (Å²) in [5, 5.41) is 3.32. The van der Waals surface area contributed by atoms with Crippen LogP contribution in [-0.4, -0.2) is 20.9 Å². The number of halogens is 2. The van der Waals surface area contributed by atoms with Crippen LogP contribution in [0.1, 0.15) is 11.1 Å². The van der Waals surface area contributed by atoms with Gasteiger partial charge in [0.05, 0.1) is 10.6 Å². The van der Waals surface area contributed by atoms with Crippen molar-refractivity contribution >= 4 is 50.5 Å². The van der Waals surface area contributed by atoms with Gasteiger partial charge in [-0.15, -0.1) is 0 Å². The molecule has 8 heteroatoms. The fraction of sp³-hybridized carbons (Fsp3) is 0.136. The summed E-state index contributed by atoms with van der Waals surface area (Å²) in [4.78, 5) is 12.9. The van der Waals surface area contributed by atoms with Gasteiger partial charge in [-0.05, 0) is 61.4 Å². The van der Waals surface area contributed by atoms with Crippen LogP contribution in [0.15, 0.2) is 71.6 Å². The number of sulfonamides is 1. The van der Waals surface area contributed by atoms with Gasteiger partial charge < -0.3 is 5.32 Å². The number of nitrogens with zero attached hydrogens (tertiary/aromatic N) is 1. The van der Waals surface area contributed by atoms with Crippen LogP contribution < -0.4 is 9.62 Å². The SMILES string of the molecule is Cc1cccc(NC(=O)CN(c2cc(Cl)cc(Cl)c2)S(=O)(=O)c2ccccc2)c1C. The molecular formula is C22H20Cl2N2O3S. The summed E-state index contributed by atoms with van der Waals surface area (Å²) in [7, 11) is -4.04. The fourth-order valence-corrected chi connectivity index (χ4v) is 4.86. The van der Waals surface area contributed by atoms with Crippen LogP contribution >= 0.6 is 23.2 Å². The number of carbonyl (C=O) groups excluding carboxylic acids is 1. The molecule has 5 nitrogen and oxygen atoms in total. The average molecular weight is 463 g/mol. The summed E-state index contributed by atoms with van der Waals surface area (Å²) in [6.45, 7) is 3.38. The minimum Gasteiger partial charge on any atom is -0.324 e. The third kappa shape index (κ3) is 4.95. The molecule has 0 spiro atoms. The second kappa shape index (κ2) is 9.08. The summed E-state index contributed by atoms with van der Waals surface area (Å²) in [5.41, 5.74) is 2.76. The molecule has 156 valence electrons. The van der Waals surface area contributed by atoms with Gasteiger partial charge in [-0.3, -0.25) is 9.10 Å². The Balaban J connectivity index is 1.99. The van der Waals surface area contributed by atoms with E-state index in [4.69, 9.17) is 23.2 Å². The fourth-order valence-electron chi connectivity index (χ4n) is 2.92. The van der Waals surface area contributed by atoms with Gasteiger partial charge in [0.15, 0.2) is 0 Å². The van der Waals surface area contributed by atoms with Crippen LogP contribution in [-0.2, 0) is 14.8 Å². The highest BCUT2D eigenvalue weighted by Gasteiger charge is 2.28. The number of amides is 1. The number of hydrogen-bond donors (Lipinski definition) is 1. The van der Waals surface area contributed by atoms with Crippen LogP contribution in [0.2, 0.25) is 10.0 Å². The summed E-state index contributed by atoms with van der Waals surface area (Å²) in [6, 6.07) is 17.8. The third-order valence-electron chi connectivity index (χ3n) is 4.63. The maximum absolute atomic E-state index is 13.3. The van der Waals surface area contributed by atoms with E-state index in [9.17, 15) is 13.2 Å². The molecule has 0 radical (unpaired) electrons. The Morgan fingerprint density at radius 3 is 2.20 bits per heavy atom. The van der Waals surface area contributed by atoms with Crippen molar-refractivity contribution in [1.82, 2.24) is 0 Å². The van der Waals surface area contributed by atoms with Gasteiger partial charge in [-0.1, -0.05) is 53.5 Å². The van der Waals surface area contributed by atoms with Gasteiger partial charge in [0.25, 0.3) is 10.0 Å². The largest absolute Gasteiger partial charge is 0.324 e. The topological polar surface area (TPSA) is 66.5 Å². The minimum absolute atomic E-state index is 0.0561. The third-order valence-corrected chi connectivity index (χ3v) is 6.86. The molecule has 3 aromatic carbocycles. The lowest BCUT2D eigenvalue weighted by Crippen LogP contribution is -2.38. The molecule has 0 aliphatic carbocycles. The highest BCUT2D eigenvalue weighted by Crippen LogP contribution is 2.30. The molecule has 0 heterocycles. The number of hydrogen-bond acceptors (Lipinski definition) is 3. The van der Waals surface area contributed by atoms with Crippen molar-refractivity contribution < 1.29 is 13.2 Å². The van der Waals surface area contributed by atoms with Crippen molar-refractivity contribution in [2.75, 3.05) is 16.2 Å². The average Bonchev–Trinajstić information content (AvgIpc) is 2.69. The second-order valence-corrected chi connectivity index (χ2v) is 9.48. The van der Waals surface area contributed by atoms with Gasteiger partial charge in [0.2, 0.25) is 5.91 Å². The monoisotopic (exact) mass is 462 g/mol. The lowest BCUT2D eigenvalue weighted by molar-refractivity contribution is -0.114. The Bertz CT molecular complexity index is 1160. The lowest BCUT2D eigenvalue weighted by Gasteiger charge is -2.24. The quantitative estimate of drug-likeness (QED) is 0.529. The van der Waals surface area contributed by atoms with Crippen molar-refractivity contribution in [2.24, 2.45) is 0 Å². The van der Waals surface area contributed by atoms with E-state index >= 15 is 0 Å². The molecule has 3 aromatic rings. The Kier molecular flexibility index (Phi) is 6.71. The van der Waals surface area contributed by atoms with Gasteiger partial charge in [0.1, 0.15) is 6.54 Å². The van der Waals surface area contributed by atoms with Crippen molar-refractivity contribution in [3.05, 3.63) is 87.9 Å². The summed E-state index contributed by atoms with van der Waals surface area (Å²) in [5.74, 6) is -0.487. The molecule has 0 bridgehead atoms. The van der Waals surface area contributed by atoms with Crippen LogP contribution in [0.3, 0.4) is 0 Å². The number of carbonyl (C=O) groups is 1. The van der Waals surface area contributed by atoms with E-state index < -0.39 is 22.5 Å². The van der Waals surface area contributed by atoms with E-state index in [-0.39, 0.29) is 20.6 Å². The second-order valence-electron chi connectivity index (χ2n) is 6.75. The number of aryl methyl sites for hydroxylation is 1. The van der Waals surface area contributed by atoms with Gasteiger partial charge >= 0.3 is 0 Å². The Morgan fingerprint density at radius 2 is 1.57 bits per heavy atom. The first kappa shape index (κ1) is 22.2. The van der Waals surface area contributed by atoms with E-state index in [1.165, 1.54) is 30.3 Å². The normalized spacial score (nSPS) is 11.2. The van der Waals surface area contributed by atoms with E-state index in [0.29, 0.717) is 5.69 Å². The number of nitrogens with one attached hydrogen (secondary N) is 1. The number of benzene rings is 3. The van der Waals surface area contributed by atoms with Crippen LogP contribution in [0.5, 0.6) is 0 Å². The molecule has 0 unspecified atom stereocenters. The van der Waals surface area contributed by atoms with Crippen LogP contribution in [0.4, 0.5) is 11.4 Å². The molecule has 3 rings (SSSR count). The summed E-state index contributed by atoms with van der Waals surface area (Å²) < 4.78 is 27.6. The zero-order valence-corrected chi connectivity index (χ0v) is 18.7. The predicted octanol–water partition coefficient (Wildman–Crippen LogP) is 5.44. The first-order valence-electron chi connectivity index (χ1n) is 9.08. The first-order chi connectivity index (χ1) is 14.2. The lowest BCUT2D eigenvalue weighted by atomic mass is 10.1. The highest BCUT2D eigenvalue weighted by molar-refractivity contribution is 7.92. The number of anilines is 2. The molecule has 0 saturated carbocycles. The van der Waals surface area contributed by atoms with Crippen LogP contribution in [0.25, 0.3) is 0 Å². The molecule has 0 aromatic heterocycles. The maximum Gasteiger partial charge on any atom is 0.264 e. The molecule has 0 atom stereocenters. The van der Waals surface area contributed by atoms with Gasteiger partial charge in [-0.2, -0.15) is 0 Å². The first-order valence-corrected chi connectivity index (χ1v) is 11.3. The zero-order valence-electron chi connectivity index (χ0n) is 16.4. The molecule has 0 aliphatic rings. The summed E-state index contributed by atoms with van der Waals surface area (Å²) >= 11 is 12.2. The predicted molar refractivity (Wildman–Crippen MR) is 122 cm³/mol. The minimum atomic E-state index is -4.04. The Morgan fingerprint density at radius 1 is 0.933 bits per heavy atom. The molecule has 0 fully saturated rings. The van der Waals surface area contributed by atoms with E-state index in [1.807, 2.05) is 26.0 Å². The summed E-state index contributed by atoms with van der Waals surface area (Å²) in [6.07, 6.45) is 0. The van der Waals surface area contributed by atoms with Gasteiger partial charge in [0, 0.05) is 15.7 Å². The zero-order chi connectivity index (χ0) is 21.9. The Labute approximate surface area is 186 Å². The molecule has 30 heavy (non-hydrogen) atoms. The van der Waals surface area contributed by atoms with E-state index in [2.05, 4.69) is 5.32 Å².